The SMILES string of the molecule is Cn1c(=O)ccc2ncc(C#N)c(OC[C@H]3CC[C@H](NCc4ccc5c(n4)NC(=O)CO5)CC3)c21. The van der Waals surface area contributed by atoms with Crippen LogP contribution in [0.25, 0.3) is 11.0 Å². The van der Waals surface area contributed by atoms with Crippen LogP contribution in [-0.2, 0) is 18.4 Å². The topological polar surface area (TPSA) is 131 Å². The molecule has 0 bridgehead atoms. The number of aromatic nitrogens is 3. The van der Waals surface area contributed by atoms with Crippen molar-refractivity contribution in [1.29, 1.82) is 5.26 Å². The van der Waals surface area contributed by atoms with Gasteiger partial charge in [-0.1, -0.05) is 0 Å². The molecule has 10 heteroatoms. The van der Waals surface area contributed by atoms with Crippen molar-refractivity contribution in [2.45, 2.75) is 38.3 Å². The Hall–Kier alpha value is -3.97. The highest BCUT2D eigenvalue weighted by molar-refractivity contribution is 5.94. The van der Waals surface area contributed by atoms with E-state index in [1.165, 1.54) is 16.8 Å². The predicted octanol–water partition coefficient (Wildman–Crippen LogP) is 2.26. The summed E-state index contributed by atoms with van der Waals surface area (Å²) in [6.45, 7) is 1.11. The third-order valence-corrected chi connectivity index (χ3v) is 6.62. The summed E-state index contributed by atoms with van der Waals surface area (Å²) >= 11 is 0. The number of ether oxygens (including phenoxy) is 2. The predicted molar refractivity (Wildman–Crippen MR) is 128 cm³/mol. The number of pyridine rings is 3. The smallest absolute Gasteiger partial charge is 0.263 e. The van der Waals surface area contributed by atoms with Crippen LogP contribution in [0.5, 0.6) is 11.5 Å². The molecule has 180 valence electrons. The standard InChI is InChI=1S/C25H26N6O4/c1-31-22(33)9-7-19-23(31)24(16(10-26)11-28-19)35-13-15-2-4-17(5-3-15)27-12-18-6-8-20-25(29-18)30-21(32)14-34-20/h6-9,11,15,17,27H,2-5,12-14H2,1H3,(H,29,30,32)/t15-,17-. The van der Waals surface area contributed by atoms with Crippen LogP contribution in [-0.4, -0.2) is 39.7 Å². The summed E-state index contributed by atoms with van der Waals surface area (Å²) in [6, 6.07) is 9.35. The van der Waals surface area contributed by atoms with Crippen LogP contribution in [0.2, 0.25) is 0 Å². The van der Waals surface area contributed by atoms with Gasteiger partial charge in [-0.15, -0.1) is 0 Å². The van der Waals surface area contributed by atoms with E-state index < -0.39 is 0 Å². The first kappa shape index (κ1) is 22.8. The first-order valence-electron chi connectivity index (χ1n) is 11.7. The van der Waals surface area contributed by atoms with Crippen molar-refractivity contribution >= 4 is 22.8 Å². The zero-order valence-corrected chi connectivity index (χ0v) is 19.4. The number of nitriles is 1. The van der Waals surface area contributed by atoms with Crippen LogP contribution >= 0.6 is 0 Å². The maximum Gasteiger partial charge on any atom is 0.263 e. The highest BCUT2D eigenvalue weighted by Crippen LogP contribution is 2.30. The summed E-state index contributed by atoms with van der Waals surface area (Å²) < 4.78 is 13.0. The van der Waals surface area contributed by atoms with Crippen molar-refractivity contribution in [1.82, 2.24) is 19.9 Å². The molecule has 5 rings (SSSR count). The minimum Gasteiger partial charge on any atom is -0.490 e. The molecule has 35 heavy (non-hydrogen) atoms. The quantitative estimate of drug-likeness (QED) is 0.556. The van der Waals surface area contributed by atoms with Crippen LogP contribution < -0.4 is 25.7 Å². The van der Waals surface area contributed by atoms with Gasteiger partial charge in [0.25, 0.3) is 11.5 Å². The molecule has 10 nitrogen and oxygen atoms in total. The van der Waals surface area contributed by atoms with Crippen molar-refractivity contribution in [2.24, 2.45) is 13.0 Å². The van der Waals surface area contributed by atoms with Crippen molar-refractivity contribution in [2.75, 3.05) is 18.5 Å². The van der Waals surface area contributed by atoms with Gasteiger partial charge in [0.1, 0.15) is 17.1 Å². The second kappa shape index (κ2) is 9.72. The number of hydrogen-bond acceptors (Lipinski definition) is 8. The summed E-state index contributed by atoms with van der Waals surface area (Å²) in [7, 11) is 1.66. The Labute approximate surface area is 201 Å². The maximum absolute atomic E-state index is 12.1. The molecule has 2 N–H and O–H groups in total. The number of anilines is 1. The largest absolute Gasteiger partial charge is 0.490 e. The lowest BCUT2D eigenvalue weighted by atomic mass is 9.86. The molecule has 3 aromatic heterocycles. The Morgan fingerprint density at radius 3 is 2.86 bits per heavy atom. The van der Waals surface area contributed by atoms with E-state index >= 15 is 0 Å². The number of fused-ring (bicyclic) bond motifs is 2. The number of amides is 1. The zero-order chi connectivity index (χ0) is 24.4. The molecular weight excluding hydrogens is 448 g/mol. The van der Waals surface area contributed by atoms with Gasteiger partial charge in [-0.2, -0.15) is 5.26 Å². The molecule has 1 saturated carbocycles. The molecule has 1 fully saturated rings. The third-order valence-electron chi connectivity index (χ3n) is 6.62. The minimum absolute atomic E-state index is 0.0204. The van der Waals surface area contributed by atoms with E-state index in [2.05, 4.69) is 26.7 Å². The van der Waals surface area contributed by atoms with Gasteiger partial charge in [0.2, 0.25) is 0 Å². The number of carbonyl (C=O) groups is 1. The number of carbonyl (C=O) groups excluding carboxylic acids is 1. The molecule has 0 atom stereocenters. The second-order valence-corrected chi connectivity index (χ2v) is 8.97. The molecule has 0 unspecified atom stereocenters. The summed E-state index contributed by atoms with van der Waals surface area (Å²) in [5.41, 5.74) is 2.17. The van der Waals surface area contributed by atoms with Crippen molar-refractivity contribution < 1.29 is 14.3 Å². The monoisotopic (exact) mass is 474 g/mol. The molecule has 0 radical (unpaired) electrons. The summed E-state index contributed by atoms with van der Waals surface area (Å²) in [5.74, 6) is 1.65. The number of aryl methyl sites for hydroxylation is 1. The lowest BCUT2D eigenvalue weighted by Crippen LogP contribution is -2.34. The molecule has 0 aromatic carbocycles. The molecule has 0 spiro atoms. The highest BCUT2D eigenvalue weighted by atomic mass is 16.5. The van der Waals surface area contributed by atoms with E-state index in [1.54, 1.807) is 13.1 Å². The average Bonchev–Trinajstić information content (AvgIpc) is 2.88. The van der Waals surface area contributed by atoms with Crippen molar-refractivity contribution in [3.05, 3.63) is 52.1 Å². The van der Waals surface area contributed by atoms with Gasteiger partial charge in [0.15, 0.2) is 23.9 Å². The molecule has 3 aromatic rings. The lowest BCUT2D eigenvalue weighted by Gasteiger charge is -2.29. The van der Waals surface area contributed by atoms with Gasteiger partial charge in [0.05, 0.1) is 17.8 Å². The first-order chi connectivity index (χ1) is 17.0. The van der Waals surface area contributed by atoms with E-state index in [0.29, 0.717) is 59.0 Å². The summed E-state index contributed by atoms with van der Waals surface area (Å²) in [6.07, 6.45) is 5.47. The minimum atomic E-state index is -0.195. The molecule has 0 saturated heterocycles. The van der Waals surface area contributed by atoms with Crippen LogP contribution in [0.15, 0.2) is 35.3 Å². The Kier molecular flexibility index (Phi) is 6.33. The second-order valence-electron chi connectivity index (χ2n) is 8.97. The fourth-order valence-electron chi connectivity index (χ4n) is 4.63. The fourth-order valence-corrected chi connectivity index (χ4v) is 4.63. The highest BCUT2D eigenvalue weighted by Gasteiger charge is 2.23. The van der Waals surface area contributed by atoms with Crippen LogP contribution in [0.4, 0.5) is 5.82 Å². The van der Waals surface area contributed by atoms with Crippen LogP contribution in [0.1, 0.15) is 36.9 Å². The fraction of sp³-hybridized carbons (Fsp3) is 0.400. The number of nitrogens with one attached hydrogen (secondary N) is 2. The Balaban J connectivity index is 1.17. The normalized spacial score (nSPS) is 19.4. The average molecular weight is 475 g/mol. The molecule has 1 aliphatic carbocycles. The van der Waals surface area contributed by atoms with Crippen LogP contribution in [0.3, 0.4) is 0 Å². The zero-order valence-electron chi connectivity index (χ0n) is 19.4. The van der Waals surface area contributed by atoms with E-state index in [-0.39, 0.29) is 18.1 Å². The first-order valence-corrected chi connectivity index (χ1v) is 11.7. The van der Waals surface area contributed by atoms with Gasteiger partial charge in [0, 0.05) is 31.9 Å². The van der Waals surface area contributed by atoms with Gasteiger partial charge in [-0.3, -0.25) is 14.6 Å². The number of hydrogen-bond donors (Lipinski definition) is 2. The molecule has 4 heterocycles. The van der Waals surface area contributed by atoms with E-state index in [9.17, 15) is 14.9 Å². The molecule has 1 aliphatic heterocycles. The molecule has 1 amide bonds. The molecular formula is C25H26N6O4. The summed E-state index contributed by atoms with van der Waals surface area (Å²) in [4.78, 5) is 32.4. The van der Waals surface area contributed by atoms with Gasteiger partial charge >= 0.3 is 0 Å². The Bertz CT molecular complexity index is 1370. The Morgan fingerprint density at radius 2 is 2.06 bits per heavy atom. The van der Waals surface area contributed by atoms with E-state index in [0.717, 1.165) is 31.4 Å². The van der Waals surface area contributed by atoms with Gasteiger partial charge < -0.3 is 24.7 Å². The van der Waals surface area contributed by atoms with Gasteiger partial charge in [-0.05, 0) is 49.8 Å². The lowest BCUT2D eigenvalue weighted by molar-refractivity contribution is -0.118. The van der Waals surface area contributed by atoms with Crippen LogP contribution in [0, 0.1) is 17.2 Å². The van der Waals surface area contributed by atoms with E-state index in [4.69, 9.17) is 9.47 Å². The maximum atomic E-state index is 12.1. The molecule has 2 aliphatic rings. The number of nitrogens with zero attached hydrogens (tertiary/aromatic N) is 4. The third kappa shape index (κ3) is 4.81. The van der Waals surface area contributed by atoms with E-state index in [1.807, 2.05) is 12.1 Å². The summed E-state index contributed by atoms with van der Waals surface area (Å²) in [5, 5.41) is 15.8. The van der Waals surface area contributed by atoms with Crippen molar-refractivity contribution in [3.8, 4) is 17.6 Å². The number of rotatable bonds is 6. The van der Waals surface area contributed by atoms with Gasteiger partial charge in [-0.25, -0.2) is 4.98 Å². The van der Waals surface area contributed by atoms with Crippen molar-refractivity contribution in [3.63, 3.8) is 0 Å². The Morgan fingerprint density at radius 1 is 1.23 bits per heavy atom.